The fraction of sp³-hybridized carbons (Fsp3) is 0.281. The SMILES string of the molecule is CCN1C(=O)/C(=C/c2ccc(OCc3ccc(C(=O)N4CCCCC4)cc3)c(OC)c2)SC1=Nc1ccccc1. The number of nitrogens with zero attached hydrogens (tertiary/aromatic N) is 3. The minimum absolute atomic E-state index is 0.0660. The maximum atomic E-state index is 13.1. The number of amidine groups is 1. The van der Waals surface area contributed by atoms with Gasteiger partial charge in [-0.05, 0) is 91.5 Å². The lowest BCUT2D eigenvalue weighted by Crippen LogP contribution is -2.35. The highest BCUT2D eigenvalue weighted by Gasteiger charge is 2.32. The van der Waals surface area contributed by atoms with E-state index in [1.807, 2.05) is 90.7 Å². The Morgan fingerprint density at radius 1 is 0.975 bits per heavy atom. The van der Waals surface area contributed by atoms with E-state index in [1.54, 1.807) is 12.0 Å². The van der Waals surface area contributed by atoms with Gasteiger partial charge in [-0.1, -0.05) is 36.4 Å². The number of aliphatic imine (C=N–C) groups is 1. The van der Waals surface area contributed by atoms with E-state index in [1.165, 1.54) is 18.2 Å². The predicted octanol–water partition coefficient (Wildman–Crippen LogP) is 6.52. The molecule has 40 heavy (non-hydrogen) atoms. The number of thioether (sulfide) groups is 1. The molecule has 0 radical (unpaired) electrons. The van der Waals surface area contributed by atoms with Crippen molar-refractivity contribution in [2.75, 3.05) is 26.7 Å². The number of piperidine rings is 1. The number of rotatable bonds is 8. The largest absolute Gasteiger partial charge is 0.493 e. The second-order valence-electron chi connectivity index (χ2n) is 9.64. The average molecular weight is 556 g/mol. The van der Waals surface area contributed by atoms with Crippen molar-refractivity contribution in [3.05, 3.63) is 94.4 Å². The zero-order chi connectivity index (χ0) is 27.9. The maximum absolute atomic E-state index is 13.1. The first-order chi connectivity index (χ1) is 19.6. The lowest BCUT2D eigenvalue weighted by atomic mass is 10.1. The molecule has 2 aliphatic heterocycles. The fourth-order valence-corrected chi connectivity index (χ4v) is 5.77. The molecule has 0 aromatic heterocycles. The number of hydrogen-bond acceptors (Lipinski definition) is 6. The van der Waals surface area contributed by atoms with Crippen LogP contribution in [0.2, 0.25) is 0 Å². The predicted molar refractivity (Wildman–Crippen MR) is 160 cm³/mol. The molecule has 2 aliphatic rings. The number of methoxy groups -OCH3 is 1. The van der Waals surface area contributed by atoms with Crippen LogP contribution in [0.4, 0.5) is 5.69 Å². The molecule has 2 fully saturated rings. The quantitative estimate of drug-likeness (QED) is 0.296. The second kappa shape index (κ2) is 12.9. The molecule has 2 amide bonds. The van der Waals surface area contributed by atoms with Crippen LogP contribution in [0.1, 0.15) is 47.7 Å². The van der Waals surface area contributed by atoms with E-state index in [2.05, 4.69) is 4.99 Å². The van der Waals surface area contributed by atoms with E-state index in [0.29, 0.717) is 40.3 Å². The molecule has 0 saturated carbocycles. The van der Waals surface area contributed by atoms with Crippen molar-refractivity contribution < 1.29 is 19.1 Å². The summed E-state index contributed by atoms with van der Waals surface area (Å²) in [6, 6.07) is 22.8. The van der Waals surface area contributed by atoms with Crippen LogP contribution in [0.15, 0.2) is 82.7 Å². The van der Waals surface area contributed by atoms with Gasteiger partial charge in [0.25, 0.3) is 11.8 Å². The third kappa shape index (κ3) is 6.39. The zero-order valence-corrected chi connectivity index (χ0v) is 23.7. The van der Waals surface area contributed by atoms with E-state index in [4.69, 9.17) is 9.47 Å². The van der Waals surface area contributed by atoms with Gasteiger partial charge >= 0.3 is 0 Å². The number of para-hydroxylation sites is 1. The summed E-state index contributed by atoms with van der Waals surface area (Å²) in [6.07, 6.45) is 5.20. The van der Waals surface area contributed by atoms with Crippen molar-refractivity contribution in [1.82, 2.24) is 9.80 Å². The molecular formula is C32H33N3O4S. The molecule has 2 heterocycles. The van der Waals surface area contributed by atoms with E-state index in [0.717, 1.165) is 42.7 Å². The number of ether oxygens (including phenoxy) is 2. The summed E-state index contributed by atoms with van der Waals surface area (Å²) in [5, 5.41) is 0.667. The molecule has 3 aromatic rings. The van der Waals surface area contributed by atoms with E-state index < -0.39 is 0 Å². The van der Waals surface area contributed by atoms with E-state index in [9.17, 15) is 9.59 Å². The zero-order valence-electron chi connectivity index (χ0n) is 22.8. The van der Waals surface area contributed by atoms with Crippen LogP contribution in [0.25, 0.3) is 6.08 Å². The Morgan fingerprint density at radius 3 is 2.42 bits per heavy atom. The number of amides is 2. The van der Waals surface area contributed by atoms with Crippen LogP contribution in [0.5, 0.6) is 11.5 Å². The summed E-state index contributed by atoms with van der Waals surface area (Å²) < 4.78 is 11.6. The molecule has 0 N–H and O–H groups in total. The number of hydrogen-bond donors (Lipinski definition) is 0. The lowest BCUT2D eigenvalue weighted by molar-refractivity contribution is -0.122. The second-order valence-corrected chi connectivity index (χ2v) is 10.6. The Balaban J connectivity index is 1.25. The molecule has 7 nitrogen and oxygen atoms in total. The highest BCUT2D eigenvalue weighted by atomic mass is 32.2. The van der Waals surface area contributed by atoms with Crippen molar-refractivity contribution in [3.63, 3.8) is 0 Å². The Morgan fingerprint density at radius 2 is 1.73 bits per heavy atom. The van der Waals surface area contributed by atoms with Gasteiger partial charge in [-0.15, -0.1) is 0 Å². The molecule has 0 atom stereocenters. The summed E-state index contributed by atoms with van der Waals surface area (Å²) in [5.74, 6) is 1.21. The Hall–Kier alpha value is -4.04. The summed E-state index contributed by atoms with van der Waals surface area (Å²) >= 11 is 1.37. The van der Waals surface area contributed by atoms with Crippen LogP contribution in [0.3, 0.4) is 0 Å². The molecule has 0 unspecified atom stereocenters. The first-order valence-electron chi connectivity index (χ1n) is 13.6. The summed E-state index contributed by atoms with van der Waals surface area (Å²) in [5.41, 5.74) is 3.31. The Labute approximate surface area is 239 Å². The van der Waals surface area contributed by atoms with Crippen LogP contribution >= 0.6 is 11.8 Å². The van der Waals surface area contributed by atoms with Crippen molar-refractivity contribution >= 4 is 40.5 Å². The fourth-order valence-electron chi connectivity index (χ4n) is 4.71. The summed E-state index contributed by atoms with van der Waals surface area (Å²) in [4.78, 5) is 34.7. The van der Waals surface area contributed by atoms with Gasteiger partial charge in [0.1, 0.15) is 6.61 Å². The maximum Gasteiger partial charge on any atom is 0.266 e. The first-order valence-corrected chi connectivity index (χ1v) is 14.4. The summed E-state index contributed by atoms with van der Waals surface area (Å²) in [6.45, 7) is 4.49. The van der Waals surface area contributed by atoms with E-state index in [-0.39, 0.29) is 11.8 Å². The molecule has 0 bridgehead atoms. The molecule has 3 aromatic carbocycles. The average Bonchev–Trinajstić information content (AvgIpc) is 3.30. The van der Waals surface area contributed by atoms with Gasteiger partial charge in [0.05, 0.1) is 17.7 Å². The standard InChI is InChI=1S/C32H33N3O4S/c1-3-35-31(37)29(40-32(35)33-26-10-6-4-7-11-26)21-24-14-17-27(28(20-24)38-2)39-22-23-12-15-25(16-13-23)30(36)34-18-8-5-9-19-34/h4,6-7,10-17,20-21H,3,5,8-9,18-19,22H2,1-2H3/b29-21-,33-32?. The van der Waals surface area contributed by atoms with Gasteiger partial charge in [-0.25, -0.2) is 4.99 Å². The van der Waals surface area contributed by atoms with Crippen molar-refractivity contribution in [3.8, 4) is 11.5 Å². The Bertz CT molecular complexity index is 1410. The number of carbonyl (C=O) groups is 2. The molecular weight excluding hydrogens is 522 g/mol. The van der Waals surface area contributed by atoms with Crippen LogP contribution in [0, 0.1) is 0 Å². The van der Waals surface area contributed by atoms with Crippen molar-refractivity contribution in [1.29, 1.82) is 0 Å². The van der Waals surface area contributed by atoms with Crippen LogP contribution < -0.4 is 9.47 Å². The number of likely N-dealkylation sites (tertiary alicyclic amines) is 1. The van der Waals surface area contributed by atoms with Gasteiger partial charge in [0.15, 0.2) is 16.7 Å². The minimum Gasteiger partial charge on any atom is -0.493 e. The molecule has 0 aliphatic carbocycles. The molecule has 206 valence electrons. The summed E-state index contributed by atoms with van der Waals surface area (Å²) in [7, 11) is 1.60. The molecule has 0 spiro atoms. The number of benzene rings is 3. The highest BCUT2D eigenvalue weighted by molar-refractivity contribution is 8.18. The molecule has 5 rings (SSSR count). The van der Waals surface area contributed by atoms with Crippen molar-refractivity contribution in [2.45, 2.75) is 32.8 Å². The van der Waals surface area contributed by atoms with Gasteiger partial charge in [-0.2, -0.15) is 0 Å². The van der Waals surface area contributed by atoms with Gasteiger partial charge in [0.2, 0.25) is 0 Å². The number of carbonyl (C=O) groups excluding carboxylic acids is 2. The van der Waals surface area contributed by atoms with Gasteiger partial charge in [-0.3, -0.25) is 14.5 Å². The highest BCUT2D eigenvalue weighted by Crippen LogP contribution is 2.36. The lowest BCUT2D eigenvalue weighted by Gasteiger charge is -2.26. The van der Waals surface area contributed by atoms with Crippen LogP contribution in [-0.4, -0.2) is 53.5 Å². The normalized spacial score (nSPS) is 17.5. The molecule has 8 heteroatoms. The third-order valence-corrected chi connectivity index (χ3v) is 7.92. The Kier molecular flexibility index (Phi) is 8.86. The van der Waals surface area contributed by atoms with Crippen molar-refractivity contribution in [2.24, 2.45) is 4.99 Å². The smallest absolute Gasteiger partial charge is 0.266 e. The number of likely N-dealkylation sites (N-methyl/N-ethyl adjacent to an activating group) is 1. The van der Waals surface area contributed by atoms with E-state index >= 15 is 0 Å². The monoisotopic (exact) mass is 555 g/mol. The van der Waals surface area contributed by atoms with Gasteiger partial charge in [0, 0.05) is 25.2 Å². The topological polar surface area (TPSA) is 71.4 Å². The third-order valence-electron chi connectivity index (χ3n) is 6.91. The molecule has 2 saturated heterocycles. The minimum atomic E-state index is -0.0660. The first kappa shape index (κ1) is 27.5. The van der Waals surface area contributed by atoms with Crippen LogP contribution in [-0.2, 0) is 11.4 Å². The van der Waals surface area contributed by atoms with Gasteiger partial charge < -0.3 is 14.4 Å².